The van der Waals surface area contributed by atoms with Gasteiger partial charge in [-0.3, -0.25) is 0 Å². The normalized spacial score (nSPS) is 16.1. The Kier molecular flexibility index (Phi) is 8.30. The fraction of sp³-hybridized carbons (Fsp3) is 0.667. The van der Waals surface area contributed by atoms with E-state index in [0.717, 1.165) is 44.8 Å². The van der Waals surface area contributed by atoms with Crippen LogP contribution < -0.4 is 14.4 Å². The van der Waals surface area contributed by atoms with Crippen LogP contribution in [0.3, 0.4) is 0 Å². The van der Waals surface area contributed by atoms with Gasteiger partial charge >= 0.3 is 0 Å². The van der Waals surface area contributed by atoms with Crippen LogP contribution in [-0.2, 0) is 21.5 Å². The molecular weight excluding hydrogens is 370 g/mol. The highest BCUT2D eigenvalue weighted by molar-refractivity contribution is 7.86. The van der Waals surface area contributed by atoms with Crippen molar-refractivity contribution >= 4 is 10.2 Å². The molecule has 2 rings (SSSR count). The molecule has 0 atom stereocenters. The Bertz CT molecular complexity index is 690. The van der Waals surface area contributed by atoms with E-state index >= 15 is 0 Å². The van der Waals surface area contributed by atoms with E-state index < -0.39 is 10.2 Å². The summed E-state index contributed by atoms with van der Waals surface area (Å²) in [5.74, 6) is 1.22. The van der Waals surface area contributed by atoms with E-state index in [4.69, 9.17) is 14.2 Å². The third-order valence-electron chi connectivity index (χ3n) is 4.73. The topological polar surface area (TPSA) is 72.8 Å². The molecule has 1 heterocycles. The second kappa shape index (κ2) is 10.2. The fourth-order valence-corrected chi connectivity index (χ4v) is 4.24. The Hall–Kier alpha value is -1.39. The lowest BCUT2D eigenvalue weighted by atomic mass is 10.2. The lowest BCUT2D eigenvalue weighted by Crippen LogP contribution is -3.14. The SMILES string of the molecule is COc1ccc(CN(CCC[NH+]2CCOCC2)S(=O)(=O)N(C)C)cc1OC. The van der Waals surface area contributed by atoms with Gasteiger partial charge < -0.3 is 19.1 Å². The number of quaternary nitrogens is 1. The van der Waals surface area contributed by atoms with Crippen LogP contribution in [0.1, 0.15) is 12.0 Å². The van der Waals surface area contributed by atoms with Gasteiger partial charge in [-0.2, -0.15) is 17.0 Å². The average molecular weight is 403 g/mol. The van der Waals surface area contributed by atoms with Crippen LogP contribution in [0.4, 0.5) is 0 Å². The molecule has 1 saturated heterocycles. The quantitative estimate of drug-likeness (QED) is 0.578. The number of nitrogens with one attached hydrogen (secondary N) is 1. The molecule has 1 aliphatic rings. The molecule has 154 valence electrons. The van der Waals surface area contributed by atoms with E-state index in [2.05, 4.69) is 0 Å². The molecule has 9 heteroatoms. The van der Waals surface area contributed by atoms with Crippen molar-refractivity contribution in [3.05, 3.63) is 23.8 Å². The number of methoxy groups -OCH3 is 2. The van der Waals surface area contributed by atoms with Crippen molar-refractivity contribution in [2.75, 3.05) is 67.7 Å². The highest BCUT2D eigenvalue weighted by Gasteiger charge is 2.25. The van der Waals surface area contributed by atoms with Gasteiger partial charge in [-0.15, -0.1) is 0 Å². The summed E-state index contributed by atoms with van der Waals surface area (Å²) in [5, 5.41) is 0. The number of benzene rings is 1. The predicted octanol–water partition coefficient (Wildman–Crippen LogP) is -0.383. The maximum Gasteiger partial charge on any atom is 0.281 e. The zero-order valence-electron chi connectivity index (χ0n) is 16.7. The highest BCUT2D eigenvalue weighted by Crippen LogP contribution is 2.28. The van der Waals surface area contributed by atoms with Gasteiger partial charge in [-0.25, -0.2) is 0 Å². The van der Waals surface area contributed by atoms with Crippen molar-refractivity contribution in [1.82, 2.24) is 8.61 Å². The first-order chi connectivity index (χ1) is 12.9. The molecule has 0 unspecified atom stereocenters. The minimum atomic E-state index is -3.51. The van der Waals surface area contributed by atoms with Crippen LogP contribution in [-0.4, -0.2) is 84.7 Å². The Morgan fingerprint density at radius 1 is 1.11 bits per heavy atom. The standard InChI is InChI=1S/C18H31N3O5S/c1-19(2)27(22,23)21(9-5-8-20-10-12-26-13-11-20)15-16-6-7-17(24-3)18(14-16)25-4/h6-7,14H,5,8-13,15H2,1-4H3/p+1. The smallest absolute Gasteiger partial charge is 0.281 e. The molecule has 0 radical (unpaired) electrons. The molecule has 1 aromatic carbocycles. The summed E-state index contributed by atoms with van der Waals surface area (Å²) < 4.78 is 44.3. The molecule has 0 bridgehead atoms. The van der Waals surface area contributed by atoms with Crippen LogP contribution >= 0.6 is 0 Å². The van der Waals surface area contributed by atoms with Crippen LogP contribution in [0.25, 0.3) is 0 Å². The molecule has 1 fully saturated rings. The van der Waals surface area contributed by atoms with Crippen LogP contribution in [0.5, 0.6) is 11.5 Å². The fourth-order valence-electron chi connectivity index (χ4n) is 3.11. The van der Waals surface area contributed by atoms with Crippen LogP contribution in [0.15, 0.2) is 18.2 Å². The lowest BCUT2D eigenvalue weighted by Gasteiger charge is -2.27. The number of morpholine rings is 1. The summed E-state index contributed by atoms with van der Waals surface area (Å²) >= 11 is 0. The third-order valence-corrected chi connectivity index (χ3v) is 6.62. The lowest BCUT2D eigenvalue weighted by molar-refractivity contribution is -0.908. The van der Waals surface area contributed by atoms with E-state index in [1.807, 2.05) is 12.1 Å². The maximum atomic E-state index is 12.8. The number of ether oxygens (including phenoxy) is 3. The van der Waals surface area contributed by atoms with Crippen molar-refractivity contribution in [2.24, 2.45) is 0 Å². The molecular formula is C18H32N3O5S+. The Balaban J connectivity index is 2.08. The van der Waals surface area contributed by atoms with Crippen molar-refractivity contribution in [1.29, 1.82) is 0 Å². The first kappa shape index (κ1) is 21.9. The van der Waals surface area contributed by atoms with Gasteiger partial charge in [0.15, 0.2) is 11.5 Å². The molecule has 1 N–H and O–H groups in total. The summed E-state index contributed by atoms with van der Waals surface area (Å²) in [6.07, 6.45) is 0.801. The molecule has 0 amide bonds. The zero-order valence-corrected chi connectivity index (χ0v) is 17.5. The van der Waals surface area contributed by atoms with E-state index in [9.17, 15) is 8.42 Å². The van der Waals surface area contributed by atoms with Crippen molar-refractivity contribution in [3.63, 3.8) is 0 Å². The predicted molar refractivity (Wildman–Crippen MR) is 104 cm³/mol. The number of nitrogens with zero attached hydrogens (tertiary/aromatic N) is 2. The highest BCUT2D eigenvalue weighted by atomic mass is 32.2. The van der Waals surface area contributed by atoms with Gasteiger partial charge in [0.1, 0.15) is 13.1 Å². The van der Waals surface area contributed by atoms with Crippen molar-refractivity contribution in [3.8, 4) is 11.5 Å². The molecule has 1 aromatic rings. The number of hydrogen-bond donors (Lipinski definition) is 1. The minimum Gasteiger partial charge on any atom is -0.493 e. The van der Waals surface area contributed by atoms with Crippen LogP contribution in [0.2, 0.25) is 0 Å². The maximum absolute atomic E-state index is 12.8. The first-order valence-corrected chi connectivity index (χ1v) is 10.6. The number of rotatable bonds is 10. The number of hydrogen-bond acceptors (Lipinski definition) is 5. The first-order valence-electron chi connectivity index (χ1n) is 9.18. The largest absolute Gasteiger partial charge is 0.493 e. The molecule has 27 heavy (non-hydrogen) atoms. The molecule has 0 saturated carbocycles. The van der Waals surface area contributed by atoms with Crippen molar-refractivity contribution in [2.45, 2.75) is 13.0 Å². The Morgan fingerprint density at radius 2 is 1.78 bits per heavy atom. The third kappa shape index (κ3) is 6.05. The van der Waals surface area contributed by atoms with E-state index in [-0.39, 0.29) is 0 Å². The van der Waals surface area contributed by atoms with E-state index in [0.29, 0.717) is 24.6 Å². The summed E-state index contributed by atoms with van der Waals surface area (Å²) in [6, 6.07) is 5.49. The Morgan fingerprint density at radius 3 is 2.37 bits per heavy atom. The zero-order chi connectivity index (χ0) is 19.9. The Labute approximate surface area is 162 Å². The second-order valence-electron chi connectivity index (χ2n) is 6.78. The van der Waals surface area contributed by atoms with Crippen molar-refractivity contribution < 1.29 is 27.5 Å². The molecule has 1 aliphatic heterocycles. The van der Waals surface area contributed by atoms with E-state index in [1.54, 1.807) is 34.4 Å². The van der Waals surface area contributed by atoms with E-state index in [1.165, 1.54) is 13.5 Å². The summed E-state index contributed by atoms with van der Waals surface area (Å²) in [7, 11) is 2.75. The average Bonchev–Trinajstić information content (AvgIpc) is 2.67. The molecule has 0 aliphatic carbocycles. The minimum absolute atomic E-state index is 0.291. The summed E-state index contributed by atoms with van der Waals surface area (Å²) in [6.45, 7) is 5.22. The summed E-state index contributed by atoms with van der Waals surface area (Å²) in [4.78, 5) is 1.47. The summed E-state index contributed by atoms with van der Waals surface area (Å²) in [5.41, 5.74) is 0.858. The molecule has 0 spiro atoms. The van der Waals surface area contributed by atoms with Gasteiger partial charge in [0.25, 0.3) is 10.2 Å². The second-order valence-corrected chi connectivity index (χ2v) is 8.92. The van der Waals surface area contributed by atoms with Gasteiger partial charge in [-0.05, 0) is 17.7 Å². The van der Waals surface area contributed by atoms with Crippen LogP contribution in [0, 0.1) is 0 Å². The molecule has 8 nitrogen and oxygen atoms in total. The van der Waals surface area contributed by atoms with Gasteiger partial charge in [0.2, 0.25) is 0 Å². The monoisotopic (exact) mass is 402 g/mol. The van der Waals surface area contributed by atoms with Gasteiger partial charge in [0, 0.05) is 33.6 Å². The van der Waals surface area contributed by atoms with Gasteiger partial charge in [-0.1, -0.05) is 6.07 Å². The molecule has 0 aromatic heterocycles. The van der Waals surface area contributed by atoms with Gasteiger partial charge in [0.05, 0.1) is 34.0 Å².